The summed E-state index contributed by atoms with van der Waals surface area (Å²) in [6.07, 6.45) is 2.91. The smallest absolute Gasteiger partial charge is 0.240 e. The van der Waals surface area contributed by atoms with E-state index in [4.69, 9.17) is 0 Å². The zero-order valence-corrected chi connectivity index (χ0v) is 13.0. The van der Waals surface area contributed by atoms with Crippen molar-refractivity contribution in [2.45, 2.75) is 31.3 Å². The molecule has 0 aliphatic rings. The predicted molar refractivity (Wildman–Crippen MR) is 80.6 cm³/mol. The molecule has 1 aromatic carbocycles. The molecule has 118 valence electrons. The van der Waals surface area contributed by atoms with Gasteiger partial charge in [-0.1, -0.05) is 0 Å². The SMILES string of the molecule is CC(=O)Nc1ccc(S(=O)(=O)N[C@H](C)Cn2cncn2)cc1. The average molecular weight is 323 g/mol. The van der Waals surface area contributed by atoms with Crippen molar-refractivity contribution in [3.63, 3.8) is 0 Å². The molecule has 1 heterocycles. The summed E-state index contributed by atoms with van der Waals surface area (Å²) in [5.41, 5.74) is 0.544. The fraction of sp³-hybridized carbons (Fsp3) is 0.308. The van der Waals surface area contributed by atoms with Crippen LogP contribution in [0.5, 0.6) is 0 Å². The molecule has 2 N–H and O–H groups in total. The lowest BCUT2D eigenvalue weighted by atomic mass is 10.3. The number of carbonyl (C=O) groups excluding carboxylic acids is 1. The molecule has 1 amide bonds. The van der Waals surface area contributed by atoms with E-state index in [-0.39, 0.29) is 16.8 Å². The van der Waals surface area contributed by atoms with Crippen LogP contribution in [0.3, 0.4) is 0 Å². The van der Waals surface area contributed by atoms with Crippen molar-refractivity contribution in [3.05, 3.63) is 36.9 Å². The van der Waals surface area contributed by atoms with E-state index >= 15 is 0 Å². The normalized spacial score (nSPS) is 12.8. The first kappa shape index (κ1) is 16.1. The van der Waals surface area contributed by atoms with Gasteiger partial charge in [0.15, 0.2) is 0 Å². The highest BCUT2D eigenvalue weighted by molar-refractivity contribution is 7.89. The van der Waals surface area contributed by atoms with E-state index in [0.717, 1.165) is 0 Å². The lowest BCUT2D eigenvalue weighted by Gasteiger charge is -2.14. The minimum atomic E-state index is -3.63. The van der Waals surface area contributed by atoms with Crippen LogP contribution in [0.25, 0.3) is 0 Å². The van der Waals surface area contributed by atoms with E-state index in [1.165, 1.54) is 43.8 Å². The van der Waals surface area contributed by atoms with Crippen LogP contribution in [0, 0.1) is 0 Å². The van der Waals surface area contributed by atoms with E-state index < -0.39 is 10.0 Å². The van der Waals surface area contributed by atoms with Crippen molar-refractivity contribution >= 4 is 21.6 Å². The number of amides is 1. The van der Waals surface area contributed by atoms with E-state index in [2.05, 4.69) is 20.1 Å². The van der Waals surface area contributed by atoms with Crippen LogP contribution in [0.2, 0.25) is 0 Å². The Bertz CT molecular complexity index is 726. The van der Waals surface area contributed by atoms with Crippen LogP contribution < -0.4 is 10.0 Å². The third kappa shape index (κ3) is 4.37. The Labute approximate surface area is 128 Å². The van der Waals surface area contributed by atoms with Gasteiger partial charge in [0.05, 0.1) is 11.4 Å². The van der Waals surface area contributed by atoms with Crippen molar-refractivity contribution < 1.29 is 13.2 Å². The van der Waals surface area contributed by atoms with Crippen LogP contribution in [-0.4, -0.2) is 35.1 Å². The molecular weight excluding hydrogens is 306 g/mol. The lowest BCUT2D eigenvalue weighted by Crippen LogP contribution is -2.35. The zero-order chi connectivity index (χ0) is 16.2. The first-order valence-corrected chi connectivity index (χ1v) is 8.07. The Morgan fingerprint density at radius 1 is 1.32 bits per heavy atom. The van der Waals surface area contributed by atoms with E-state index in [1.807, 2.05) is 0 Å². The molecule has 22 heavy (non-hydrogen) atoms. The largest absolute Gasteiger partial charge is 0.326 e. The van der Waals surface area contributed by atoms with E-state index in [0.29, 0.717) is 12.2 Å². The van der Waals surface area contributed by atoms with Gasteiger partial charge >= 0.3 is 0 Å². The number of anilines is 1. The maximum Gasteiger partial charge on any atom is 0.240 e. The van der Waals surface area contributed by atoms with Crippen molar-refractivity contribution in [1.82, 2.24) is 19.5 Å². The Morgan fingerprint density at radius 2 is 2.00 bits per heavy atom. The maximum absolute atomic E-state index is 12.3. The second kappa shape index (κ2) is 6.67. The molecule has 0 saturated heterocycles. The fourth-order valence-corrected chi connectivity index (χ4v) is 3.13. The first-order chi connectivity index (χ1) is 10.4. The summed E-state index contributed by atoms with van der Waals surface area (Å²) in [5.74, 6) is -0.213. The number of nitrogens with one attached hydrogen (secondary N) is 2. The van der Waals surface area contributed by atoms with Gasteiger partial charge < -0.3 is 5.32 Å². The highest BCUT2D eigenvalue weighted by Gasteiger charge is 2.17. The molecule has 9 heteroatoms. The standard InChI is InChI=1S/C13H17N5O3S/c1-10(7-18-9-14-8-15-18)17-22(20,21)13-5-3-12(4-6-13)16-11(2)19/h3-6,8-10,17H,7H2,1-2H3,(H,16,19)/t10-/m1/s1. The minimum Gasteiger partial charge on any atom is -0.326 e. The topological polar surface area (TPSA) is 106 Å². The monoisotopic (exact) mass is 323 g/mol. The molecule has 0 fully saturated rings. The summed E-state index contributed by atoms with van der Waals surface area (Å²) < 4.78 is 28.6. The highest BCUT2D eigenvalue weighted by atomic mass is 32.2. The molecule has 0 radical (unpaired) electrons. The zero-order valence-electron chi connectivity index (χ0n) is 12.2. The van der Waals surface area contributed by atoms with Crippen molar-refractivity contribution in [2.24, 2.45) is 0 Å². The maximum atomic E-state index is 12.3. The molecule has 1 atom stereocenters. The van der Waals surface area contributed by atoms with Gasteiger partial charge in [-0.15, -0.1) is 0 Å². The van der Waals surface area contributed by atoms with Crippen molar-refractivity contribution in [3.8, 4) is 0 Å². The first-order valence-electron chi connectivity index (χ1n) is 6.59. The van der Waals surface area contributed by atoms with Gasteiger partial charge in [0.25, 0.3) is 0 Å². The Hall–Kier alpha value is -2.26. The minimum absolute atomic E-state index is 0.132. The molecule has 2 rings (SSSR count). The number of benzene rings is 1. The van der Waals surface area contributed by atoms with Crippen LogP contribution in [0.4, 0.5) is 5.69 Å². The molecule has 0 unspecified atom stereocenters. The summed E-state index contributed by atoms with van der Waals surface area (Å²) >= 11 is 0. The number of sulfonamides is 1. The molecule has 8 nitrogen and oxygen atoms in total. The molecule has 0 aliphatic carbocycles. The Morgan fingerprint density at radius 3 is 2.55 bits per heavy atom. The van der Waals surface area contributed by atoms with E-state index in [1.54, 1.807) is 11.6 Å². The second-order valence-corrected chi connectivity index (χ2v) is 6.56. The number of carbonyl (C=O) groups is 1. The van der Waals surface area contributed by atoms with Crippen LogP contribution in [0.15, 0.2) is 41.8 Å². The average Bonchev–Trinajstić information content (AvgIpc) is 2.90. The number of hydrogen-bond acceptors (Lipinski definition) is 5. The summed E-state index contributed by atoms with van der Waals surface area (Å²) in [6, 6.07) is 5.61. The molecule has 0 bridgehead atoms. The lowest BCUT2D eigenvalue weighted by molar-refractivity contribution is -0.114. The van der Waals surface area contributed by atoms with Crippen molar-refractivity contribution in [1.29, 1.82) is 0 Å². The van der Waals surface area contributed by atoms with Gasteiger partial charge in [-0.3, -0.25) is 9.48 Å². The molecule has 0 saturated carbocycles. The quantitative estimate of drug-likeness (QED) is 0.810. The van der Waals surface area contributed by atoms with Gasteiger partial charge in [-0.25, -0.2) is 18.1 Å². The third-order valence-corrected chi connectivity index (χ3v) is 4.37. The third-order valence-electron chi connectivity index (χ3n) is 2.77. The Balaban J connectivity index is 2.04. The number of hydrogen-bond donors (Lipinski definition) is 2. The second-order valence-electron chi connectivity index (χ2n) is 4.85. The van der Waals surface area contributed by atoms with E-state index in [9.17, 15) is 13.2 Å². The summed E-state index contributed by atoms with van der Waals surface area (Å²) in [6.45, 7) is 3.51. The predicted octanol–water partition coefficient (Wildman–Crippen LogP) is 0.603. The Kier molecular flexibility index (Phi) is 4.88. The summed E-state index contributed by atoms with van der Waals surface area (Å²) in [7, 11) is -3.63. The van der Waals surface area contributed by atoms with Crippen LogP contribution in [-0.2, 0) is 21.4 Å². The summed E-state index contributed by atoms with van der Waals surface area (Å²) in [4.78, 5) is 14.9. The molecular formula is C13H17N5O3S. The van der Waals surface area contributed by atoms with Gasteiger partial charge in [-0.2, -0.15) is 5.10 Å². The van der Waals surface area contributed by atoms with Gasteiger partial charge in [0, 0.05) is 18.7 Å². The number of nitrogens with zero attached hydrogens (tertiary/aromatic N) is 3. The van der Waals surface area contributed by atoms with Gasteiger partial charge in [0.1, 0.15) is 12.7 Å². The van der Waals surface area contributed by atoms with Crippen molar-refractivity contribution in [2.75, 3.05) is 5.32 Å². The molecule has 0 aliphatic heterocycles. The number of rotatable bonds is 6. The highest BCUT2D eigenvalue weighted by Crippen LogP contribution is 2.14. The number of aromatic nitrogens is 3. The van der Waals surface area contributed by atoms with Crippen LogP contribution >= 0.6 is 0 Å². The molecule has 0 spiro atoms. The molecule has 2 aromatic rings. The van der Waals surface area contributed by atoms with Gasteiger partial charge in [-0.05, 0) is 31.2 Å². The molecule has 1 aromatic heterocycles. The van der Waals surface area contributed by atoms with Crippen LogP contribution in [0.1, 0.15) is 13.8 Å². The van der Waals surface area contributed by atoms with Gasteiger partial charge in [0.2, 0.25) is 15.9 Å². The summed E-state index contributed by atoms with van der Waals surface area (Å²) in [5, 5.41) is 6.51. The fourth-order valence-electron chi connectivity index (χ4n) is 1.90.